The third-order valence-electron chi connectivity index (χ3n) is 4.90. The fourth-order valence-corrected chi connectivity index (χ4v) is 4.33. The number of piperidine rings is 1. The quantitative estimate of drug-likeness (QED) is 0.805. The molecule has 1 saturated heterocycles. The average molecular weight is 366 g/mol. The van der Waals surface area contributed by atoms with Gasteiger partial charge in [-0.3, -0.25) is 9.59 Å². The fourth-order valence-electron chi connectivity index (χ4n) is 3.45. The molecule has 0 atom stereocenters. The molecular formula is C17H22N2O5S. The van der Waals surface area contributed by atoms with Gasteiger partial charge in [0.1, 0.15) is 5.75 Å². The molecule has 25 heavy (non-hydrogen) atoms. The minimum Gasteiger partial charge on any atom is -0.497 e. The molecule has 2 heterocycles. The second-order valence-electron chi connectivity index (χ2n) is 6.48. The lowest BCUT2D eigenvalue weighted by molar-refractivity contribution is -0.123. The maximum absolute atomic E-state index is 12.9. The smallest absolute Gasteiger partial charge is 0.230 e. The van der Waals surface area contributed by atoms with Crippen LogP contribution in [0.2, 0.25) is 0 Å². The van der Waals surface area contributed by atoms with Crippen LogP contribution in [-0.2, 0) is 14.8 Å². The number of rotatable bonds is 3. The molecule has 2 aliphatic rings. The molecule has 8 heteroatoms. The summed E-state index contributed by atoms with van der Waals surface area (Å²) in [5.74, 6) is 0.334. The first-order chi connectivity index (χ1) is 11.8. The predicted molar refractivity (Wildman–Crippen MR) is 93.4 cm³/mol. The van der Waals surface area contributed by atoms with Crippen molar-refractivity contribution in [3.8, 4) is 5.75 Å². The van der Waals surface area contributed by atoms with Crippen LogP contribution < -0.4 is 9.64 Å². The van der Waals surface area contributed by atoms with Crippen molar-refractivity contribution in [3.05, 3.63) is 23.8 Å². The van der Waals surface area contributed by atoms with Crippen LogP contribution in [-0.4, -0.2) is 57.4 Å². The molecule has 0 aliphatic carbocycles. The van der Waals surface area contributed by atoms with Gasteiger partial charge in [0.05, 0.1) is 19.1 Å². The van der Waals surface area contributed by atoms with Gasteiger partial charge in [-0.2, -0.15) is 0 Å². The van der Waals surface area contributed by atoms with E-state index in [0.717, 1.165) is 0 Å². The van der Waals surface area contributed by atoms with Crippen molar-refractivity contribution in [2.24, 2.45) is 5.92 Å². The van der Waals surface area contributed by atoms with Gasteiger partial charge in [0.2, 0.25) is 15.9 Å². The Morgan fingerprint density at radius 2 is 1.88 bits per heavy atom. The molecule has 3 rings (SSSR count). The Balaban J connectivity index is 1.78. The van der Waals surface area contributed by atoms with E-state index in [1.54, 1.807) is 23.1 Å². The van der Waals surface area contributed by atoms with Crippen LogP contribution in [0.15, 0.2) is 18.2 Å². The van der Waals surface area contributed by atoms with Crippen molar-refractivity contribution >= 4 is 27.4 Å². The van der Waals surface area contributed by atoms with Crippen LogP contribution in [0, 0.1) is 5.92 Å². The van der Waals surface area contributed by atoms with Gasteiger partial charge in [0.25, 0.3) is 0 Å². The van der Waals surface area contributed by atoms with E-state index in [9.17, 15) is 18.0 Å². The standard InChI is InChI=1S/C17H22N2O5S/c1-24-13-3-4-15-14(11-13)16(20)7-10-19(15)17(21)12-5-8-18(9-6-12)25(2,22)23/h3-4,11-12H,5-10H2,1-2H3. The largest absolute Gasteiger partial charge is 0.497 e. The summed E-state index contributed by atoms with van der Waals surface area (Å²) < 4.78 is 29.8. The number of benzene rings is 1. The molecule has 2 aliphatic heterocycles. The Labute approximate surface area is 147 Å². The molecule has 0 aromatic heterocycles. The molecule has 0 bridgehead atoms. The highest BCUT2D eigenvalue weighted by Gasteiger charge is 2.35. The fraction of sp³-hybridized carbons (Fsp3) is 0.529. The van der Waals surface area contributed by atoms with Crippen molar-refractivity contribution in [2.75, 3.05) is 37.9 Å². The van der Waals surface area contributed by atoms with E-state index < -0.39 is 10.0 Å². The number of nitrogens with zero attached hydrogens (tertiary/aromatic N) is 2. The maximum atomic E-state index is 12.9. The third-order valence-corrected chi connectivity index (χ3v) is 6.20. The topological polar surface area (TPSA) is 84.0 Å². The van der Waals surface area contributed by atoms with Crippen LogP contribution in [0.3, 0.4) is 0 Å². The number of methoxy groups -OCH3 is 1. The lowest BCUT2D eigenvalue weighted by Gasteiger charge is -2.35. The summed E-state index contributed by atoms with van der Waals surface area (Å²) in [5, 5.41) is 0. The van der Waals surface area contributed by atoms with Crippen molar-refractivity contribution in [2.45, 2.75) is 19.3 Å². The Kier molecular flexibility index (Phi) is 4.83. The normalized spacial score (nSPS) is 19.6. The first-order valence-corrected chi connectivity index (χ1v) is 10.1. The Morgan fingerprint density at radius 1 is 1.20 bits per heavy atom. The number of fused-ring (bicyclic) bond motifs is 1. The summed E-state index contributed by atoms with van der Waals surface area (Å²) >= 11 is 0. The molecule has 1 aromatic rings. The van der Waals surface area contributed by atoms with Crippen LogP contribution in [0.4, 0.5) is 5.69 Å². The highest BCUT2D eigenvalue weighted by Crippen LogP contribution is 2.33. The molecule has 0 spiro atoms. The first-order valence-electron chi connectivity index (χ1n) is 8.29. The minimum absolute atomic E-state index is 0.00449. The summed E-state index contributed by atoms with van der Waals surface area (Å²) in [6, 6.07) is 5.15. The van der Waals surface area contributed by atoms with E-state index >= 15 is 0 Å². The monoisotopic (exact) mass is 366 g/mol. The number of hydrogen-bond acceptors (Lipinski definition) is 5. The van der Waals surface area contributed by atoms with Crippen LogP contribution in [0.1, 0.15) is 29.6 Å². The van der Waals surface area contributed by atoms with Gasteiger partial charge < -0.3 is 9.64 Å². The maximum Gasteiger partial charge on any atom is 0.230 e. The number of carbonyl (C=O) groups is 2. The number of Topliss-reactive ketones (excluding diaryl/α,β-unsaturated/α-hetero) is 1. The second kappa shape index (κ2) is 6.76. The summed E-state index contributed by atoms with van der Waals surface area (Å²) in [6.45, 7) is 1.08. The molecule has 1 aromatic carbocycles. The van der Waals surface area contributed by atoms with Crippen LogP contribution in [0.5, 0.6) is 5.75 Å². The number of amides is 1. The van der Waals surface area contributed by atoms with Gasteiger partial charge >= 0.3 is 0 Å². The van der Waals surface area contributed by atoms with Crippen molar-refractivity contribution in [1.29, 1.82) is 0 Å². The number of ether oxygens (including phenoxy) is 1. The van der Waals surface area contributed by atoms with Gasteiger partial charge in [0.15, 0.2) is 5.78 Å². The lowest BCUT2D eigenvalue weighted by atomic mass is 9.93. The van der Waals surface area contributed by atoms with E-state index in [-0.39, 0.29) is 24.0 Å². The van der Waals surface area contributed by atoms with Gasteiger partial charge in [-0.1, -0.05) is 0 Å². The molecule has 1 fully saturated rings. The van der Waals surface area contributed by atoms with Crippen molar-refractivity contribution in [3.63, 3.8) is 0 Å². The molecule has 0 N–H and O–H groups in total. The van der Waals surface area contributed by atoms with E-state index in [2.05, 4.69) is 0 Å². The number of sulfonamides is 1. The molecule has 7 nitrogen and oxygen atoms in total. The van der Waals surface area contributed by atoms with E-state index in [1.165, 1.54) is 17.7 Å². The summed E-state index contributed by atoms with van der Waals surface area (Å²) in [4.78, 5) is 26.8. The Bertz CT molecular complexity index is 797. The van der Waals surface area contributed by atoms with E-state index in [0.29, 0.717) is 49.5 Å². The summed E-state index contributed by atoms with van der Waals surface area (Å²) in [7, 11) is -1.68. The molecule has 0 unspecified atom stereocenters. The molecular weight excluding hydrogens is 344 g/mol. The van der Waals surface area contributed by atoms with Crippen molar-refractivity contribution < 1.29 is 22.7 Å². The predicted octanol–water partition coefficient (Wildman–Crippen LogP) is 1.29. The minimum atomic E-state index is -3.21. The summed E-state index contributed by atoms with van der Waals surface area (Å²) in [5.41, 5.74) is 1.13. The molecule has 136 valence electrons. The molecule has 1 amide bonds. The number of anilines is 1. The van der Waals surface area contributed by atoms with E-state index in [4.69, 9.17) is 4.74 Å². The number of carbonyl (C=O) groups excluding carboxylic acids is 2. The third kappa shape index (κ3) is 3.55. The van der Waals surface area contributed by atoms with Crippen LogP contribution >= 0.6 is 0 Å². The Hall–Kier alpha value is -1.93. The highest BCUT2D eigenvalue weighted by atomic mass is 32.2. The van der Waals surface area contributed by atoms with Crippen LogP contribution in [0.25, 0.3) is 0 Å². The number of hydrogen-bond donors (Lipinski definition) is 0. The van der Waals surface area contributed by atoms with Gasteiger partial charge in [-0.05, 0) is 31.0 Å². The number of ketones is 1. The average Bonchev–Trinajstić information content (AvgIpc) is 2.61. The molecule has 0 radical (unpaired) electrons. The Morgan fingerprint density at radius 3 is 2.48 bits per heavy atom. The molecule has 0 saturated carbocycles. The SMILES string of the molecule is COc1ccc2c(c1)C(=O)CCN2C(=O)C1CCN(S(C)(=O)=O)CC1. The zero-order chi connectivity index (χ0) is 18.2. The van der Waals surface area contributed by atoms with Crippen molar-refractivity contribution in [1.82, 2.24) is 4.31 Å². The zero-order valence-electron chi connectivity index (χ0n) is 14.4. The first kappa shape index (κ1) is 17.9. The lowest BCUT2D eigenvalue weighted by Crippen LogP contribution is -2.46. The van der Waals surface area contributed by atoms with Gasteiger partial charge in [-0.25, -0.2) is 12.7 Å². The highest BCUT2D eigenvalue weighted by molar-refractivity contribution is 7.88. The van der Waals surface area contributed by atoms with E-state index in [1.807, 2.05) is 0 Å². The van der Waals surface area contributed by atoms with Gasteiger partial charge in [0, 0.05) is 37.5 Å². The second-order valence-corrected chi connectivity index (χ2v) is 8.46. The zero-order valence-corrected chi connectivity index (χ0v) is 15.2. The van der Waals surface area contributed by atoms with Gasteiger partial charge in [-0.15, -0.1) is 0 Å². The summed E-state index contributed by atoms with van der Waals surface area (Å²) in [6.07, 6.45) is 2.48.